The minimum Gasteiger partial charge on any atom is -0.495 e. The average Bonchev–Trinajstić information content (AvgIpc) is 2.74. The Balaban J connectivity index is 1.55. The summed E-state index contributed by atoms with van der Waals surface area (Å²) < 4.78 is 5.16. The van der Waals surface area contributed by atoms with E-state index < -0.39 is 9.85 Å². The minimum absolute atomic E-state index is 0.0469. The number of carbonyl (C=O) groups is 1. The number of piperazine rings is 1. The van der Waals surface area contributed by atoms with Gasteiger partial charge in [-0.05, 0) is 18.2 Å². The van der Waals surface area contributed by atoms with Gasteiger partial charge in [0, 0.05) is 56.1 Å². The summed E-state index contributed by atoms with van der Waals surface area (Å²) in [7, 11) is 1.42. The van der Waals surface area contributed by atoms with Crippen molar-refractivity contribution in [1.82, 2.24) is 4.90 Å². The van der Waals surface area contributed by atoms with Crippen molar-refractivity contribution in [1.29, 1.82) is 0 Å². The third-order valence-electron chi connectivity index (χ3n) is 4.83. The second-order valence-corrected chi connectivity index (χ2v) is 6.73. The van der Waals surface area contributed by atoms with Crippen LogP contribution in [0.3, 0.4) is 0 Å². The highest BCUT2D eigenvalue weighted by Crippen LogP contribution is 2.29. The second-order valence-electron chi connectivity index (χ2n) is 6.73. The Morgan fingerprint density at radius 1 is 1.00 bits per heavy atom. The molecule has 1 N–H and O–H groups in total. The molecule has 2 aromatic rings. The first-order valence-electron chi connectivity index (χ1n) is 9.21. The molecular formula is C19H21N5O6. The first-order chi connectivity index (χ1) is 14.4. The quantitative estimate of drug-likeness (QED) is 0.538. The molecule has 0 bridgehead atoms. The van der Waals surface area contributed by atoms with Gasteiger partial charge in [0.15, 0.2) is 0 Å². The van der Waals surface area contributed by atoms with E-state index in [-0.39, 0.29) is 29.5 Å². The van der Waals surface area contributed by atoms with Gasteiger partial charge in [0.05, 0.1) is 29.2 Å². The molecule has 11 heteroatoms. The highest BCUT2D eigenvalue weighted by Gasteiger charge is 2.21. The number of amides is 1. The third-order valence-corrected chi connectivity index (χ3v) is 4.83. The van der Waals surface area contributed by atoms with Crippen LogP contribution in [0.15, 0.2) is 42.5 Å². The number of ether oxygens (including phenoxy) is 1. The molecule has 1 aliphatic rings. The van der Waals surface area contributed by atoms with Gasteiger partial charge in [-0.2, -0.15) is 0 Å². The lowest BCUT2D eigenvalue weighted by Gasteiger charge is -2.35. The molecule has 3 rings (SSSR count). The van der Waals surface area contributed by atoms with Gasteiger partial charge in [-0.3, -0.25) is 29.9 Å². The van der Waals surface area contributed by atoms with Crippen molar-refractivity contribution in [3.8, 4) is 5.75 Å². The SMILES string of the molecule is COc1ccc([N+](=O)[O-])cc1NC(=O)CN1CCN(c2ccc([N+](=O)[O-])cc2)CC1. The van der Waals surface area contributed by atoms with Gasteiger partial charge >= 0.3 is 0 Å². The smallest absolute Gasteiger partial charge is 0.271 e. The lowest BCUT2D eigenvalue weighted by atomic mass is 10.2. The molecule has 1 fully saturated rings. The van der Waals surface area contributed by atoms with Gasteiger partial charge in [-0.15, -0.1) is 0 Å². The molecule has 0 saturated carbocycles. The van der Waals surface area contributed by atoms with Gasteiger partial charge in [0.25, 0.3) is 11.4 Å². The van der Waals surface area contributed by atoms with E-state index in [1.807, 2.05) is 4.90 Å². The number of rotatable bonds is 7. The van der Waals surface area contributed by atoms with Crippen molar-refractivity contribution in [2.24, 2.45) is 0 Å². The number of methoxy groups -OCH3 is 1. The number of anilines is 2. The summed E-state index contributed by atoms with van der Waals surface area (Å²) in [4.78, 5) is 37.3. The number of nitro benzene ring substituents is 2. The summed E-state index contributed by atoms with van der Waals surface area (Å²) >= 11 is 0. The predicted molar refractivity (Wildman–Crippen MR) is 110 cm³/mol. The molecule has 0 atom stereocenters. The molecule has 0 aromatic heterocycles. The molecule has 2 aromatic carbocycles. The largest absolute Gasteiger partial charge is 0.495 e. The van der Waals surface area contributed by atoms with Crippen LogP contribution in [0.25, 0.3) is 0 Å². The Morgan fingerprint density at radius 3 is 2.17 bits per heavy atom. The molecule has 0 radical (unpaired) electrons. The summed E-state index contributed by atoms with van der Waals surface area (Å²) in [5.41, 5.74) is 1.06. The number of hydrogen-bond donors (Lipinski definition) is 1. The Bertz CT molecular complexity index is 941. The molecule has 1 amide bonds. The summed E-state index contributed by atoms with van der Waals surface area (Å²) in [6.07, 6.45) is 0. The third kappa shape index (κ3) is 5.00. The average molecular weight is 415 g/mol. The number of nitro groups is 2. The molecule has 0 aliphatic carbocycles. The molecule has 158 valence electrons. The number of nitrogens with zero attached hydrogens (tertiary/aromatic N) is 4. The maximum absolute atomic E-state index is 12.4. The van der Waals surface area contributed by atoms with Crippen LogP contribution in [0.4, 0.5) is 22.7 Å². The van der Waals surface area contributed by atoms with Gasteiger partial charge in [-0.1, -0.05) is 0 Å². The fraction of sp³-hybridized carbons (Fsp3) is 0.316. The van der Waals surface area contributed by atoms with Gasteiger partial charge < -0.3 is 15.0 Å². The molecule has 11 nitrogen and oxygen atoms in total. The number of non-ortho nitro benzene ring substituents is 2. The van der Waals surface area contributed by atoms with Gasteiger partial charge in [0.1, 0.15) is 5.75 Å². The summed E-state index contributed by atoms with van der Waals surface area (Å²) in [6, 6.07) is 10.4. The Kier molecular flexibility index (Phi) is 6.42. The van der Waals surface area contributed by atoms with Crippen LogP contribution in [0.5, 0.6) is 5.75 Å². The number of carbonyl (C=O) groups excluding carboxylic acids is 1. The first kappa shape index (κ1) is 21.0. The Hall–Kier alpha value is -3.73. The van der Waals surface area contributed by atoms with E-state index in [0.717, 1.165) is 5.69 Å². The maximum atomic E-state index is 12.4. The van der Waals surface area contributed by atoms with Crippen molar-refractivity contribution in [2.75, 3.05) is 50.1 Å². The fourth-order valence-electron chi connectivity index (χ4n) is 3.25. The molecule has 1 saturated heterocycles. The van der Waals surface area contributed by atoms with E-state index in [1.165, 1.54) is 37.4 Å². The standard InChI is InChI=1S/C19H21N5O6/c1-30-18-7-6-16(24(28)29)12-17(18)20-19(25)13-21-8-10-22(11-9-21)14-2-4-15(5-3-14)23(26)27/h2-7,12H,8-11,13H2,1H3,(H,20,25). The molecule has 1 aliphatic heterocycles. The van der Waals surface area contributed by atoms with Crippen molar-refractivity contribution < 1.29 is 19.4 Å². The lowest BCUT2D eigenvalue weighted by Crippen LogP contribution is -2.48. The normalized spacial score (nSPS) is 14.2. The van der Waals surface area contributed by atoms with E-state index in [0.29, 0.717) is 31.9 Å². The van der Waals surface area contributed by atoms with Crippen LogP contribution in [0.2, 0.25) is 0 Å². The molecular weight excluding hydrogens is 394 g/mol. The topological polar surface area (TPSA) is 131 Å². The van der Waals surface area contributed by atoms with Gasteiger partial charge in [-0.25, -0.2) is 0 Å². The van der Waals surface area contributed by atoms with E-state index in [4.69, 9.17) is 4.74 Å². The van der Waals surface area contributed by atoms with Gasteiger partial charge in [0.2, 0.25) is 5.91 Å². The zero-order valence-electron chi connectivity index (χ0n) is 16.3. The highest BCUT2D eigenvalue weighted by atomic mass is 16.6. The van der Waals surface area contributed by atoms with Crippen molar-refractivity contribution in [2.45, 2.75) is 0 Å². The second kappa shape index (κ2) is 9.18. The van der Waals surface area contributed by atoms with Crippen molar-refractivity contribution in [3.05, 3.63) is 62.7 Å². The van der Waals surface area contributed by atoms with Crippen LogP contribution < -0.4 is 15.0 Å². The monoisotopic (exact) mass is 415 g/mol. The van der Waals surface area contributed by atoms with Crippen LogP contribution in [-0.2, 0) is 4.79 Å². The van der Waals surface area contributed by atoms with Crippen LogP contribution >= 0.6 is 0 Å². The molecule has 0 spiro atoms. The zero-order chi connectivity index (χ0) is 21.7. The van der Waals surface area contributed by atoms with Crippen molar-refractivity contribution >= 4 is 28.7 Å². The predicted octanol–water partition coefficient (Wildman–Crippen LogP) is 2.27. The first-order valence-corrected chi connectivity index (χ1v) is 9.21. The lowest BCUT2D eigenvalue weighted by molar-refractivity contribution is -0.385. The maximum Gasteiger partial charge on any atom is 0.271 e. The van der Waals surface area contributed by atoms with E-state index >= 15 is 0 Å². The Morgan fingerprint density at radius 2 is 1.60 bits per heavy atom. The summed E-state index contributed by atoms with van der Waals surface area (Å²) in [6.45, 7) is 2.75. The number of hydrogen-bond acceptors (Lipinski definition) is 8. The van der Waals surface area contributed by atoms with Crippen LogP contribution in [0, 0.1) is 20.2 Å². The van der Waals surface area contributed by atoms with E-state index in [2.05, 4.69) is 10.2 Å². The summed E-state index contributed by atoms with van der Waals surface area (Å²) in [5, 5.41) is 24.4. The van der Waals surface area contributed by atoms with E-state index in [1.54, 1.807) is 12.1 Å². The molecule has 0 unspecified atom stereocenters. The molecule has 30 heavy (non-hydrogen) atoms. The molecule has 1 heterocycles. The number of nitrogens with one attached hydrogen (secondary N) is 1. The van der Waals surface area contributed by atoms with Crippen LogP contribution in [-0.4, -0.2) is 60.5 Å². The zero-order valence-corrected chi connectivity index (χ0v) is 16.3. The highest BCUT2D eigenvalue weighted by molar-refractivity contribution is 5.94. The number of benzene rings is 2. The summed E-state index contributed by atoms with van der Waals surface area (Å²) in [5.74, 6) is 0.0505. The van der Waals surface area contributed by atoms with Crippen LogP contribution in [0.1, 0.15) is 0 Å². The Labute approximate surface area is 172 Å². The fourth-order valence-corrected chi connectivity index (χ4v) is 3.25. The van der Waals surface area contributed by atoms with E-state index in [9.17, 15) is 25.0 Å². The van der Waals surface area contributed by atoms with Crippen molar-refractivity contribution in [3.63, 3.8) is 0 Å². The minimum atomic E-state index is -0.535.